The summed E-state index contributed by atoms with van der Waals surface area (Å²) in [6, 6.07) is 12.3. The number of aromatic nitrogens is 1. The molecule has 0 bridgehead atoms. The second kappa shape index (κ2) is 3.15. The van der Waals surface area contributed by atoms with E-state index < -0.39 is 0 Å². The fourth-order valence-corrected chi connectivity index (χ4v) is 1.40. The van der Waals surface area contributed by atoms with Crippen LogP contribution in [0.25, 0.3) is 11.3 Å². The predicted octanol–water partition coefficient (Wildman–Crippen LogP) is 3.44. The summed E-state index contributed by atoms with van der Waals surface area (Å²) in [5.41, 5.74) is 2.37. The highest BCUT2D eigenvalue weighted by molar-refractivity contribution is 9.10. The maximum Gasteiger partial charge on any atom is 0.0453 e. The summed E-state index contributed by atoms with van der Waals surface area (Å²) in [4.78, 5) is 3.16. The van der Waals surface area contributed by atoms with Crippen molar-refractivity contribution < 1.29 is 0 Å². The van der Waals surface area contributed by atoms with Crippen molar-refractivity contribution in [2.24, 2.45) is 0 Å². The van der Waals surface area contributed by atoms with Gasteiger partial charge in [0, 0.05) is 16.4 Å². The molecule has 0 saturated heterocycles. The Hall–Kier alpha value is -1.02. The third-order valence-electron chi connectivity index (χ3n) is 1.75. The molecule has 2 aromatic rings. The lowest BCUT2D eigenvalue weighted by Gasteiger charge is -1.96. The Bertz CT molecular complexity index is 348. The zero-order valence-electron chi connectivity index (χ0n) is 6.42. The Balaban J connectivity index is 2.43. The topological polar surface area (TPSA) is 15.8 Å². The zero-order valence-corrected chi connectivity index (χ0v) is 8.01. The Morgan fingerprint density at radius 2 is 1.75 bits per heavy atom. The molecule has 0 fully saturated rings. The minimum atomic E-state index is 1.11. The molecule has 2 rings (SSSR count). The van der Waals surface area contributed by atoms with Gasteiger partial charge in [0.05, 0.1) is 0 Å². The smallest absolute Gasteiger partial charge is 0.0453 e. The molecule has 0 amide bonds. The summed E-state index contributed by atoms with van der Waals surface area (Å²) < 4.78 is 1.11. The van der Waals surface area contributed by atoms with Crippen LogP contribution in [0.5, 0.6) is 0 Å². The van der Waals surface area contributed by atoms with Crippen LogP contribution >= 0.6 is 15.9 Å². The largest absolute Gasteiger partial charge is 0.361 e. The highest BCUT2D eigenvalue weighted by atomic mass is 79.9. The number of hydrogen-bond donors (Lipinski definition) is 1. The van der Waals surface area contributed by atoms with Gasteiger partial charge in [-0.25, -0.2) is 0 Å². The fraction of sp³-hybridized carbons (Fsp3) is 0. The highest BCUT2D eigenvalue weighted by Crippen LogP contribution is 2.19. The molecule has 0 aliphatic heterocycles. The molecule has 0 spiro atoms. The van der Waals surface area contributed by atoms with E-state index in [2.05, 4.69) is 39.1 Å². The third-order valence-corrected chi connectivity index (χ3v) is 2.28. The van der Waals surface area contributed by atoms with Gasteiger partial charge < -0.3 is 4.98 Å². The molecule has 1 nitrogen and oxygen atoms in total. The Morgan fingerprint density at radius 3 is 2.33 bits per heavy atom. The summed E-state index contributed by atoms with van der Waals surface area (Å²) in [5, 5.41) is 0. The first-order valence-electron chi connectivity index (χ1n) is 3.75. The monoisotopic (exact) mass is 221 g/mol. The van der Waals surface area contributed by atoms with E-state index in [0.717, 1.165) is 10.2 Å². The van der Waals surface area contributed by atoms with Gasteiger partial charge in [-0.2, -0.15) is 0 Å². The van der Waals surface area contributed by atoms with Crippen LogP contribution in [0.3, 0.4) is 0 Å². The van der Waals surface area contributed by atoms with Gasteiger partial charge in [0.25, 0.3) is 0 Å². The third kappa shape index (κ3) is 1.43. The molecule has 12 heavy (non-hydrogen) atoms. The van der Waals surface area contributed by atoms with Crippen molar-refractivity contribution in [1.29, 1.82) is 0 Å². The van der Waals surface area contributed by atoms with E-state index >= 15 is 0 Å². The molecule has 0 unspecified atom stereocenters. The van der Waals surface area contributed by atoms with E-state index in [1.54, 1.807) is 0 Å². The van der Waals surface area contributed by atoms with E-state index in [4.69, 9.17) is 0 Å². The van der Waals surface area contributed by atoms with Crippen LogP contribution < -0.4 is 0 Å². The first-order chi connectivity index (χ1) is 5.86. The second-order valence-corrected chi connectivity index (χ2v) is 3.51. The van der Waals surface area contributed by atoms with Crippen molar-refractivity contribution in [2.45, 2.75) is 0 Å². The van der Waals surface area contributed by atoms with Gasteiger partial charge in [-0.05, 0) is 29.8 Å². The molecule has 1 aromatic heterocycles. The van der Waals surface area contributed by atoms with E-state index in [1.807, 2.05) is 24.4 Å². The van der Waals surface area contributed by atoms with Gasteiger partial charge in [0.1, 0.15) is 0 Å². The Kier molecular flexibility index (Phi) is 2.00. The van der Waals surface area contributed by atoms with Crippen LogP contribution in [0.4, 0.5) is 0 Å². The standard InChI is InChI=1S/C10H8BrN/c11-9-5-3-8(4-6-9)10-2-1-7-12-10/h1-7,12H. The van der Waals surface area contributed by atoms with Crippen LogP contribution in [-0.2, 0) is 0 Å². The van der Waals surface area contributed by atoms with Crippen molar-refractivity contribution in [3.05, 3.63) is 47.1 Å². The predicted molar refractivity (Wildman–Crippen MR) is 53.9 cm³/mol. The van der Waals surface area contributed by atoms with Crippen molar-refractivity contribution in [3.8, 4) is 11.3 Å². The molecule has 2 heteroatoms. The Labute approximate surface area is 79.6 Å². The van der Waals surface area contributed by atoms with Crippen LogP contribution in [0.1, 0.15) is 0 Å². The molecule has 1 N–H and O–H groups in total. The van der Waals surface area contributed by atoms with E-state index in [0.29, 0.717) is 0 Å². The molecule has 1 heterocycles. The number of benzene rings is 1. The fourth-order valence-electron chi connectivity index (χ4n) is 1.14. The highest BCUT2D eigenvalue weighted by Gasteiger charge is 1.95. The molecular formula is C10H8BrN. The number of nitrogens with one attached hydrogen (secondary N) is 1. The second-order valence-electron chi connectivity index (χ2n) is 2.59. The first kappa shape index (κ1) is 7.62. The van der Waals surface area contributed by atoms with Crippen molar-refractivity contribution in [3.63, 3.8) is 0 Å². The van der Waals surface area contributed by atoms with Gasteiger partial charge in [0.15, 0.2) is 0 Å². The maximum absolute atomic E-state index is 3.40. The van der Waals surface area contributed by atoms with Gasteiger partial charge in [-0.1, -0.05) is 28.1 Å². The molecule has 0 radical (unpaired) electrons. The number of halogens is 1. The minimum absolute atomic E-state index is 1.11. The molecule has 1 aromatic carbocycles. The van der Waals surface area contributed by atoms with Crippen LogP contribution in [0, 0.1) is 0 Å². The first-order valence-corrected chi connectivity index (χ1v) is 4.55. The van der Waals surface area contributed by atoms with Gasteiger partial charge in [0.2, 0.25) is 0 Å². The number of H-pyrrole nitrogens is 1. The summed E-state index contributed by atoms with van der Waals surface area (Å²) in [6.07, 6.45) is 1.93. The zero-order chi connectivity index (χ0) is 8.39. The van der Waals surface area contributed by atoms with E-state index in [-0.39, 0.29) is 0 Å². The van der Waals surface area contributed by atoms with Crippen LogP contribution in [0.2, 0.25) is 0 Å². The molecule has 0 aliphatic rings. The van der Waals surface area contributed by atoms with Gasteiger partial charge in [-0.3, -0.25) is 0 Å². The normalized spacial score (nSPS) is 10.1. The van der Waals surface area contributed by atoms with E-state index in [9.17, 15) is 0 Å². The van der Waals surface area contributed by atoms with Crippen molar-refractivity contribution >= 4 is 15.9 Å². The maximum atomic E-state index is 3.40. The van der Waals surface area contributed by atoms with Gasteiger partial charge >= 0.3 is 0 Å². The summed E-state index contributed by atoms with van der Waals surface area (Å²) in [6.45, 7) is 0. The summed E-state index contributed by atoms with van der Waals surface area (Å²) in [5.74, 6) is 0. The molecule has 0 aliphatic carbocycles. The number of hydrogen-bond acceptors (Lipinski definition) is 0. The summed E-state index contributed by atoms with van der Waals surface area (Å²) in [7, 11) is 0. The quantitative estimate of drug-likeness (QED) is 0.760. The average Bonchev–Trinajstić information content (AvgIpc) is 2.58. The van der Waals surface area contributed by atoms with Gasteiger partial charge in [-0.15, -0.1) is 0 Å². The van der Waals surface area contributed by atoms with Crippen molar-refractivity contribution in [2.75, 3.05) is 0 Å². The lowest BCUT2D eigenvalue weighted by molar-refractivity contribution is 1.40. The molecule has 0 saturated carbocycles. The molecule has 60 valence electrons. The lowest BCUT2D eigenvalue weighted by Crippen LogP contribution is -1.74. The molecular weight excluding hydrogens is 214 g/mol. The lowest BCUT2D eigenvalue weighted by atomic mass is 10.2. The van der Waals surface area contributed by atoms with E-state index in [1.165, 1.54) is 5.56 Å². The summed E-state index contributed by atoms with van der Waals surface area (Å²) >= 11 is 3.40. The Morgan fingerprint density at radius 1 is 1.00 bits per heavy atom. The van der Waals surface area contributed by atoms with Crippen molar-refractivity contribution in [1.82, 2.24) is 4.98 Å². The average molecular weight is 222 g/mol. The molecule has 0 atom stereocenters. The minimum Gasteiger partial charge on any atom is -0.361 e. The van der Waals surface area contributed by atoms with Crippen LogP contribution in [-0.4, -0.2) is 4.98 Å². The number of rotatable bonds is 1. The number of aromatic amines is 1. The SMILES string of the molecule is Brc1ccc(-c2ccc[nH]2)cc1. The van der Waals surface area contributed by atoms with Crippen LogP contribution in [0.15, 0.2) is 47.1 Å².